The summed E-state index contributed by atoms with van der Waals surface area (Å²) in [7, 11) is 0. The molecule has 8 heteroatoms. The second kappa shape index (κ2) is 8.24. The number of carbonyl (C=O) groups is 1. The van der Waals surface area contributed by atoms with Crippen molar-refractivity contribution in [2.24, 2.45) is 5.16 Å². The molecule has 5 nitrogen and oxygen atoms in total. The Hall–Kier alpha value is -3.03. The number of nitrogens with one attached hydrogen (secondary N) is 1. The van der Waals surface area contributed by atoms with E-state index < -0.39 is 17.3 Å². The summed E-state index contributed by atoms with van der Waals surface area (Å²) in [5.41, 5.74) is 1.98. The Kier molecular flexibility index (Phi) is 5.64. The van der Waals surface area contributed by atoms with Crippen molar-refractivity contribution in [2.45, 2.75) is 44.4 Å². The maximum Gasteiger partial charge on any atom is 0.416 e. The lowest BCUT2D eigenvalue weighted by Gasteiger charge is -2.37. The van der Waals surface area contributed by atoms with Crippen LogP contribution in [0.5, 0.6) is 0 Å². The number of rotatable bonds is 3. The lowest BCUT2D eigenvalue weighted by molar-refractivity contribution is -0.137. The summed E-state index contributed by atoms with van der Waals surface area (Å²) >= 11 is 0. The van der Waals surface area contributed by atoms with Crippen LogP contribution in [-0.4, -0.2) is 35.3 Å². The molecule has 1 fully saturated rings. The number of hydrogen-bond donors (Lipinski definition) is 1. The minimum atomic E-state index is -4.36. The molecular weight excluding hydrogens is 407 g/mol. The molecule has 1 saturated heterocycles. The number of aryl methyl sites for hydroxylation is 1. The molecule has 0 radical (unpaired) electrons. The quantitative estimate of drug-likeness (QED) is 0.702. The van der Waals surface area contributed by atoms with Crippen LogP contribution in [0, 0.1) is 0 Å². The Morgan fingerprint density at radius 2 is 1.81 bits per heavy atom. The molecule has 0 bridgehead atoms. The van der Waals surface area contributed by atoms with Crippen molar-refractivity contribution in [3.05, 3.63) is 65.2 Å². The minimum absolute atomic E-state index is 0.141. The van der Waals surface area contributed by atoms with Crippen molar-refractivity contribution in [2.75, 3.05) is 18.4 Å². The number of halogens is 3. The van der Waals surface area contributed by atoms with Gasteiger partial charge < -0.3 is 15.1 Å². The zero-order valence-corrected chi connectivity index (χ0v) is 17.2. The van der Waals surface area contributed by atoms with Crippen LogP contribution in [0.2, 0.25) is 0 Å². The van der Waals surface area contributed by atoms with E-state index in [2.05, 4.69) is 10.5 Å². The first-order valence-corrected chi connectivity index (χ1v) is 10.4. The lowest BCUT2D eigenvalue weighted by atomic mass is 9.85. The number of nitrogens with zero attached hydrogens (tertiary/aromatic N) is 2. The molecule has 1 spiro atoms. The summed E-state index contributed by atoms with van der Waals surface area (Å²) in [6, 6.07) is 12.6. The number of para-hydroxylation sites is 1. The summed E-state index contributed by atoms with van der Waals surface area (Å²) in [5.74, 6) is 0. The number of urea groups is 1. The minimum Gasteiger partial charge on any atom is -0.388 e. The van der Waals surface area contributed by atoms with Crippen molar-refractivity contribution in [1.29, 1.82) is 0 Å². The Bertz CT molecular complexity index is 978. The number of oxime groups is 1. The first-order chi connectivity index (χ1) is 14.8. The standard InChI is InChI=1S/C23H24F3N3O2/c1-2-16-5-3-4-6-19(16)27-21(30)29-13-11-22(12-14-29)15-20(28-31-22)17-7-9-18(10-8-17)23(24,25)26/h3-10H,2,11-15H2,1H3,(H,27,30). The summed E-state index contributed by atoms with van der Waals surface area (Å²) < 4.78 is 38.3. The first-order valence-electron chi connectivity index (χ1n) is 10.4. The predicted octanol–water partition coefficient (Wildman–Crippen LogP) is 5.46. The zero-order chi connectivity index (χ0) is 22.1. The van der Waals surface area contributed by atoms with Gasteiger partial charge in [-0.15, -0.1) is 0 Å². The molecule has 2 heterocycles. The molecule has 0 unspecified atom stereocenters. The first kappa shape index (κ1) is 21.2. The molecule has 1 N–H and O–H groups in total. The van der Waals surface area contributed by atoms with Crippen molar-refractivity contribution in [1.82, 2.24) is 4.90 Å². The summed E-state index contributed by atoms with van der Waals surface area (Å²) in [6.45, 7) is 3.09. The number of alkyl halides is 3. The largest absolute Gasteiger partial charge is 0.416 e. The van der Waals surface area contributed by atoms with E-state index in [1.807, 2.05) is 31.2 Å². The van der Waals surface area contributed by atoms with Gasteiger partial charge in [-0.3, -0.25) is 0 Å². The lowest BCUT2D eigenvalue weighted by Crippen LogP contribution is -2.48. The van der Waals surface area contributed by atoms with Crippen LogP contribution >= 0.6 is 0 Å². The Morgan fingerprint density at radius 3 is 2.45 bits per heavy atom. The van der Waals surface area contributed by atoms with Gasteiger partial charge in [-0.1, -0.05) is 42.4 Å². The second-order valence-electron chi connectivity index (χ2n) is 7.99. The second-order valence-corrected chi connectivity index (χ2v) is 7.99. The molecule has 0 saturated carbocycles. The maximum absolute atomic E-state index is 12.8. The number of carbonyl (C=O) groups excluding carboxylic acids is 1. The molecule has 2 aliphatic rings. The van der Waals surface area contributed by atoms with Crippen molar-refractivity contribution in [3.8, 4) is 0 Å². The van der Waals surface area contributed by atoms with E-state index in [-0.39, 0.29) is 6.03 Å². The summed E-state index contributed by atoms with van der Waals surface area (Å²) in [4.78, 5) is 20.2. The van der Waals surface area contributed by atoms with Gasteiger partial charge in [0.05, 0.1) is 11.3 Å². The molecule has 4 rings (SSSR count). The Morgan fingerprint density at radius 1 is 1.13 bits per heavy atom. The van der Waals surface area contributed by atoms with Gasteiger partial charge in [0.1, 0.15) is 5.60 Å². The van der Waals surface area contributed by atoms with Crippen molar-refractivity contribution >= 4 is 17.4 Å². The maximum atomic E-state index is 12.8. The van der Waals surface area contributed by atoms with E-state index in [1.165, 1.54) is 12.1 Å². The number of hydrogen-bond acceptors (Lipinski definition) is 3. The van der Waals surface area contributed by atoms with Gasteiger partial charge >= 0.3 is 12.2 Å². The van der Waals surface area contributed by atoms with Crippen LogP contribution in [0.1, 0.15) is 42.9 Å². The van der Waals surface area contributed by atoms with Crippen molar-refractivity contribution in [3.63, 3.8) is 0 Å². The monoisotopic (exact) mass is 431 g/mol. The summed E-state index contributed by atoms with van der Waals surface area (Å²) in [5, 5.41) is 7.14. The van der Waals surface area contributed by atoms with E-state index in [0.717, 1.165) is 29.8 Å². The van der Waals surface area contributed by atoms with Gasteiger partial charge in [0.15, 0.2) is 0 Å². The number of piperidine rings is 1. The molecule has 2 aromatic carbocycles. The third-order valence-corrected chi connectivity index (χ3v) is 5.99. The highest BCUT2D eigenvalue weighted by molar-refractivity contribution is 6.01. The molecule has 2 amide bonds. The fourth-order valence-electron chi connectivity index (χ4n) is 4.06. The molecule has 31 heavy (non-hydrogen) atoms. The topological polar surface area (TPSA) is 53.9 Å². The van der Waals surface area contributed by atoms with Gasteiger partial charge in [0.25, 0.3) is 0 Å². The molecular formula is C23H24F3N3O2. The smallest absolute Gasteiger partial charge is 0.388 e. The average molecular weight is 431 g/mol. The van der Waals surface area contributed by atoms with Crippen LogP contribution in [0.4, 0.5) is 23.7 Å². The van der Waals surface area contributed by atoms with Gasteiger partial charge in [-0.05, 0) is 35.7 Å². The van der Waals surface area contributed by atoms with Gasteiger partial charge in [-0.25, -0.2) is 4.79 Å². The molecule has 2 aliphatic heterocycles. The SMILES string of the molecule is CCc1ccccc1NC(=O)N1CCC2(CC1)CC(c1ccc(C(F)(F)F)cc1)=NO2. The van der Waals surface area contributed by atoms with Gasteiger partial charge in [-0.2, -0.15) is 13.2 Å². The molecule has 0 aliphatic carbocycles. The molecule has 0 atom stereocenters. The third kappa shape index (κ3) is 4.52. The Labute approximate surface area is 178 Å². The number of anilines is 1. The van der Waals surface area contributed by atoms with Gasteiger partial charge in [0.2, 0.25) is 0 Å². The highest BCUT2D eigenvalue weighted by atomic mass is 19.4. The van der Waals surface area contributed by atoms with Crippen LogP contribution in [0.3, 0.4) is 0 Å². The van der Waals surface area contributed by atoms with Crippen LogP contribution in [0.15, 0.2) is 53.7 Å². The highest BCUT2D eigenvalue weighted by Gasteiger charge is 2.43. The Balaban J connectivity index is 1.34. The molecule has 164 valence electrons. The van der Waals surface area contributed by atoms with E-state index >= 15 is 0 Å². The van der Waals surface area contributed by atoms with E-state index in [1.54, 1.807) is 4.90 Å². The number of benzene rings is 2. The van der Waals surface area contributed by atoms with Gasteiger partial charge in [0, 0.05) is 38.0 Å². The number of likely N-dealkylation sites (tertiary alicyclic amines) is 1. The van der Waals surface area contributed by atoms with E-state index in [4.69, 9.17) is 4.84 Å². The van der Waals surface area contributed by atoms with E-state index in [9.17, 15) is 18.0 Å². The fourth-order valence-corrected chi connectivity index (χ4v) is 4.06. The number of amides is 2. The molecule has 2 aromatic rings. The van der Waals surface area contributed by atoms with Crippen LogP contribution in [0.25, 0.3) is 0 Å². The zero-order valence-electron chi connectivity index (χ0n) is 17.2. The van der Waals surface area contributed by atoms with Crippen molar-refractivity contribution < 1.29 is 22.8 Å². The fraction of sp³-hybridized carbons (Fsp3) is 0.391. The highest BCUT2D eigenvalue weighted by Crippen LogP contribution is 2.37. The normalized spacial score (nSPS) is 17.9. The molecule has 0 aromatic heterocycles. The van der Waals surface area contributed by atoms with Crippen LogP contribution in [-0.2, 0) is 17.4 Å². The third-order valence-electron chi connectivity index (χ3n) is 5.99. The average Bonchev–Trinajstić information content (AvgIpc) is 3.17. The van der Waals surface area contributed by atoms with Crippen LogP contribution < -0.4 is 5.32 Å². The summed E-state index contributed by atoms with van der Waals surface area (Å²) in [6.07, 6.45) is -1.78. The predicted molar refractivity (Wildman–Crippen MR) is 112 cm³/mol. The van der Waals surface area contributed by atoms with E-state index in [0.29, 0.717) is 43.6 Å².